The van der Waals surface area contributed by atoms with Crippen LogP contribution in [0, 0.1) is 13.7 Å². The number of fused-ring (bicyclic) bond motifs is 1. The van der Waals surface area contributed by atoms with Crippen LogP contribution >= 0.6 is 45.5 Å². The van der Waals surface area contributed by atoms with E-state index in [1.54, 1.807) is 31.2 Å². The summed E-state index contributed by atoms with van der Waals surface area (Å²) in [6, 6.07) is 13.5. The highest BCUT2D eigenvalue weighted by molar-refractivity contribution is 14.1. The molecule has 1 aliphatic rings. The Morgan fingerprint density at radius 3 is 2.40 bits per heavy atom. The minimum absolute atomic E-state index is 0.0517. The predicted molar refractivity (Wildman–Crippen MR) is 180 cm³/mol. The third-order valence-corrected chi connectivity index (χ3v) is 8.98. The number of allylic oxidation sites excluding steroid dienone is 1. The molecule has 5 rings (SSSR count). The number of nitrogens with zero attached hydrogens (tertiary/aromatic N) is 3. The lowest BCUT2D eigenvalue weighted by Gasteiger charge is -2.26. The van der Waals surface area contributed by atoms with Crippen LogP contribution in [0.5, 0.6) is 11.5 Å². The number of alkyl halides is 3. The summed E-state index contributed by atoms with van der Waals surface area (Å²) in [5, 5.41) is 11.3. The predicted octanol–water partition coefficient (Wildman–Crippen LogP) is 6.48. The van der Waals surface area contributed by atoms with E-state index >= 15 is 0 Å². The van der Waals surface area contributed by atoms with Crippen molar-refractivity contribution in [2.45, 2.75) is 32.7 Å². The van der Waals surface area contributed by atoms with Gasteiger partial charge >= 0.3 is 12.1 Å². The van der Waals surface area contributed by atoms with E-state index in [4.69, 9.17) is 25.8 Å². The van der Waals surface area contributed by atoms with E-state index in [1.165, 1.54) is 49.4 Å². The number of aromatic nitrogens is 1. The van der Waals surface area contributed by atoms with Gasteiger partial charge in [0.1, 0.15) is 6.61 Å². The van der Waals surface area contributed by atoms with Gasteiger partial charge in [0.25, 0.3) is 11.2 Å². The summed E-state index contributed by atoms with van der Waals surface area (Å²) >= 11 is 8.81. The number of carbonyl (C=O) groups is 1. The third-order valence-electron chi connectivity index (χ3n) is 6.94. The molecule has 2 heterocycles. The number of hydrogen-bond acceptors (Lipinski definition) is 9. The summed E-state index contributed by atoms with van der Waals surface area (Å²) in [4.78, 5) is 41.0. The van der Waals surface area contributed by atoms with Crippen LogP contribution in [0.4, 0.5) is 18.9 Å². The van der Waals surface area contributed by atoms with Crippen molar-refractivity contribution < 1.29 is 37.1 Å². The molecule has 0 saturated carbocycles. The quantitative estimate of drug-likeness (QED) is 0.0778. The summed E-state index contributed by atoms with van der Waals surface area (Å²) < 4.78 is 61.7. The van der Waals surface area contributed by atoms with Gasteiger partial charge in [-0.25, -0.2) is 9.79 Å². The zero-order valence-corrected chi connectivity index (χ0v) is 28.8. The Bertz CT molecular complexity index is 2100. The molecule has 0 radical (unpaired) electrons. The topological polar surface area (TPSA) is 122 Å². The standard InChI is InChI=1S/C32H24ClF3IN3O7S/c1-3-45-23-14-18(13-22(37)27(23)47-16-17-5-11-21(12-6-17)40(43)44)15-24-29(41)39-26(19-7-9-20(33)10-8-19)25(30(42)46-4-2)28(32(34,35)36)38-31(39)48-24/h5-15,26H,3-4,16H2,1-2H3/b24-15-/t26-/m1/s1. The second kappa shape index (κ2) is 14.5. The van der Waals surface area contributed by atoms with Gasteiger partial charge in [0.2, 0.25) is 0 Å². The van der Waals surface area contributed by atoms with Crippen molar-refractivity contribution in [3.63, 3.8) is 0 Å². The van der Waals surface area contributed by atoms with E-state index in [1.807, 2.05) is 22.6 Å². The van der Waals surface area contributed by atoms with Crippen LogP contribution in [-0.2, 0) is 16.1 Å². The molecule has 48 heavy (non-hydrogen) atoms. The molecule has 250 valence electrons. The highest BCUT2D eigenvalue weighted by Gasteiger charge is 2.45. The maximum atomic E-state index is 14.4. The van der Waals surface area contributed by atoms with Gasteiger partial charge in [-0.3, -0.25) is 19.5 Å². The van der Waals surface area contributed by atoms with Crippen molar-refractivity contribution in [3.05, 3.63) is 127 Å². The van der Waals surface area contributed by atoms with Gasteiger partial charge in [0, 0.05) is 17.2 Å². The number of nitro groups is 1. The molecule has 1 atom stereocenters. The molecule has 3 aromatic carbocycles. The second-order valence-corrected chi connectivity index (χ2v) is 12.7. The summed E-state index contributed by atoms with van der Waals surface area (Å²) in [6.07, 6.45) is -3.54. The first-order chi connectivity index (χ1) is 22.8. The van der Waals surface area contributed by atoms with Gasteiger partial charge in [-0.05, 0) is 95.6 Å². The summed E-state index contributed by atoms with van der Waals surface area (Å²) in [5.74, 6) is -0.512. The molecule has 0 unspecified atom stereocenters. The number of thiazole rings is 1. The summed E-state index contributed by atoms with van der Waals surface area (Å²) in [5.41, 5.74) is -1.61. The molecule has 0 N–H and O–H groups in total. The van der Waals surface area contributed by atoms with Crippen LogP contribution in [-0.4, -0.2) is 34.8 Å². The van der Waals surface area contributed by atoms with Gasteiger partial charge < -0.3 is 14.2 Å². The van der Waals surface area contributed by atoms with Crippen LogP contribution in [0.15, 0.2) is 81.7 Å². The number of nitro benzene ring substituents is 1. The van der Waals surface area contributed by atoms with E-state index in [2.05, 4.69) is 4.99 Å². The van der Waals surface area contributed by atoms with E-state index in [9.17, 15) is 32.9 Å². The fourth-order valence-corrected chi connectivity index (χ4v) is 6.80. The first-order valence-corrected chi connectivity index (χ1v) is 16.5. The zero-order valence-electron chi connectivity index (χ0n) is 25.0. The summed E-state index contributed by atoms with van der Waals surface area (Å²) in [6.45, 7) is 3.39. The SMILES string of the molecule is CCOC(=O)C1=C(C(F)(F)F)N=c2s/c(=C\c3cc(I)c(OCc4ccc([N+](=O)[O-])cc4)c(OCC)c3)c(=O)n2[C@@H]1c1ccc(Cl)cc1. The molecule has 0 bridgehead atoms. The molecule has 16 heteroatoms. The monoisotopic (exact) mass is 813 g/mol. The number of carbonyl (C=O) groups excluding carboxylic acids is 1. The fraction of sp³-hybridized carbons (Fsp3) is 0.219. The highest BCUT2D eigenvalue weighted by atomic mass is 127. The number of non-ortho nitro benzene ring substituents is 1. The van der Waals surface area contributed by atoms with E-state index in [0.29, 0.717) is 31.2 Å². The second-order valence-electron chi connectivity index (χ2n) is 10.1. The first kappa shape index (κ1) is 35.1. The van der Waals surface area contributed by atoms with Gasteiger partial charge in [-0.1, -0.05) is 35.1 Å². The molecule has 4 aromatic rings. The van der Waals surface area contributed by atoms with Gasteiger partial charge in [0.05, 0.1) is 37.9 Å². The lowest BCUT2D eigenvalue weighted by molar-refractivity contribution is -0.384. The fourth-order valence-electron chi connectivity index (χ4n) is 4.90. The Morgan fingerprint density at radius 1 is 1.10 bits per heavy atom. The molecular weight excluding hydrogens is 790 g/mol. The molecule has 10 nitrogen and oxygen atoms in total. The van der Waals surface area contributed by atoms with E-state index < -0.39 is 39.9 Å². The maximum Gasteiger partial charge on any atom is 0.434 e. The van der Waals surface area contributed by atoms with Crippen LogP contribution in [0.1, 0.15) is 36.6 Å². The lowest BCUT2D eigenvalue weighted by Crippen LogP contribution is -2.41. The van der Waals surface area contributed by atoms with Crippen molar-refractivity contribution in [2.75, 3.05) is 13.2 Å². The molecule has 1 aromatic heterocycles. The molecule has 0 aliphatic carbocycles. The minimum Gasteiger partial charge on any atom is -0.490 e. The lowest BCUT2D eigenvalue weighted by atomic mass is 9.95. The Morgan fingerprint density at radius 2 is 1.79 bits per heavy atom. The maximum absolute atomic E-state index is 14.4. The van der Waals surface area contributed by atoms with Crippen molar-refractivity contribution in [3.8, 4) is 11.5 Å². The first-order valence-electron chi connectivity index (χ1n) is 14.2. The highest BCUT2D eigenvalue weighted by Crippen LogP contribution is 2.39. The third kappa shape index (κ3) is 7.42. The van der Waals surface area contributed by atoms with Gasteiger partial charge in [-0.15, -0.1) is 0 Å². The van der Waals surface area contributed by atoms with Gasteiger partial charge in [-0.2, -0.15) is 13.2 Å². The zero-order chi connectivity index (χ0) is 34.7. The largest absolute Gasteiger partial charge is 0.490 e. The number of rotatable bonds is 10. The van der Waals surface area contributed by atoms with Gasteiger partial charge in [0.15, 0.2) is 22.0 Å². The Labute approximate surface area is 293 Å². The van der Waals surface area contributed by atoms with E-state index in [0.717, 1.165) is 15.9 Å². The minimum atomic E-state index is -5.03. The normalized spacial score (nSPS) is 14.7. The number of esters is 1. The Hall–Kier alpha value is -4.22. The molecule has 0 fully saturated rings. The van der Waals surface area contributed by atoms with Crippen LogP contribution < -0.4 is 24.4 Å². The van der Waals surface area contributed by atoms with Crippen LogP contribution in [0.3, 0.4) is 0 Å². The molecule has 1 aliphatic heterocycles. The number of hydrogen-bond donors (Lipinski definition) is 0. The van der Waals surface area contributed by atoms with Crippen LogP contribution in [0.25, 0.3) is 6.08 Å². The molecule has 0 spiro atoms. The van der Waals surface area contributed by atoms with Crippen molar-refractivity contribution >= 4 is 63.3 Å². The Balaban J connectivity index is 1.61. The van der Waals surface area contributed by atoms with E-state index in [-0.39, 0.29) is 40.4 Å². The molecular formula is C32H24ClF3IN3O7S. The smallest absolute Gasteiger partial charge is 0.434 e. The molecule has 0 amide bonds. The number of ether oxygens (including phenoxy) is 3. The average molecular weight is 814 g/mol. The van der Waals surface area contributed by atoms with Crippen molar-refractivity contribution in [1.82, 2.24) is 4.57 Å². The molecule has 0 saturated heterocycles. The van der Waals surface area contributed by atoms with Crippen molar-refractivity contribution in [2.24, 2.45) is 4.99 Å². The summed E-state index contributed by atoms with van der Waals surface area (Å²) in [7, 11) is 0. The average Bonchev–Trinajstić information content (AvgIpc) is 3.34. The van der Waals surface area contributed by atoms with Crippen molar-refractivity contribution in [1.29, 1.82) is 0 Å². The number of halogens is 5. The Kier molecular flexibility index (Phi) is 10.6. The van der Waals surface area contributed by atoms with Crippen LogP contribution in [0.2, 0.25) is 5.02 Å². The number of benzene rings is 3.